The second-order valence-corrected chi connectivity index (χ2v) is 7.50. The number of rotatable bonds is 4. The van der Waals surface area contributed by atoms with Crippen molar-refractivity contribution < 1.29 is 9.59 Å². The van der Waals surface area contributed by atoms with Gasteiger partial charge in [0.1, 0.15) is 0 Å². The number of nitrogens with one attached hydrogen (secondary N) is 2. The lowest BCUT2D eigenvalue weighted by Gasteiger charge is -2.11. The molecule has 2 amide bonds. The fourth-order valence-electron chi connectivity index (χ4n) is 2.32. The van der Waals surface area contributed by atoms with Gasteiger partial charge in [-0.25, -0.2) is 0 Å². The maximum Gasteiger partial charge on any atom is 0.265 e. The lowest BCUT2D eigenvalue weighted by molar-refractivity contribution is 0.101. The van der Waals surface area contributed by atoms with Crippen molar-refractivity contribution in [2.45, 2.75) is 6.92 Å². The molecule has 0 fully saturated rings. The van der Waals surface area contributed by atoms with Gasteiger partial charge in [0.15, 0.2) is 0 Å². The summed E-state index contributed by atoms with van der Waals surface area (Å²) in [6.07, 6.45) is 0. The molecule has 0 radical (unpaired) electrons. The van der Waals surface area contributed by atoms with Crippen LogP contribution in [-0.2, 0) is 0 Å². The molecular weight excluding hydrogens is 447 g/mol. The van der Waals surface area contributed by atoms with Gasteiger partial charge in [0.05, 0.1) is 10.4 Å². The van der Waals surface area contributed by atoms with Crippen molar-refractivity contribution in [2.75, 3.05) is 10.6 Å². The summed E-state index contributed by atoms with van der Waals surface area (Å²) in [5.74, 6) is -0.284. The van der Waals surface area contributed by atoms with Crippen LogP contribution in [0.3, 0.4) is 0 Å². The minimum absolute atomic E-state index is 0.131. The number of carbonyl (C=O) groups excluding carboxylic acids is 2. The summed E-state index contributed by atoms with van der Waals surface area (Å²) in [7, 11) is 0. The normalized spacial score (nSPS) is 10.3. The van der Waals surface area contributed by atoms with E-state index in [4.69, 9.17) is 0 Å². The Morgan fingerprint density at radius 1 is 0.960 bits per heavy atom. The van der Waals surface area contributed by atoms with Gasteiger partial charge in [-0.1, -0.05) is 18.2 Å². The van der Waals surface area contributed by atoms with E-state index >= 15 is 0 Å². The van der Waals surface area contributed by atoms with E-state index in [2.05, 4.69) is 33.2 Å². The van der Waals surface area contributed by atoms with Crippen molar-refractivity contribution in [3.8, 4) is 0 Å². The highest BCUT2D eigenvalue weighted by molar-refractivity contribution is 14.1. The first kappa shape index (κ1) is 17.6. The molecule has 0 bridgehead atoms. The van der Waals surface area contributed by atoms with Gasteiger partial charge in [0.2, 0.25) is 0 Å². The van der Waals surface area contributed by atoms with Crippen LogP contribution in [0.1, 0.15) is 25.6 Å². The topological polar surface area (TPSA) is 58.2 Å². The molecule has 0 saturated heterocycles. The van der Waals surface area contributed by atoms with Gasteiger partial charge < -0.3 is 10.6 Å². The molecule has 1 heterocycles. The zero-order valence-electron chi connectivity index (χ0n) is 13.4. The molecule has 6 heteroatoms. The number of aryl methyl sites for hydroxylation is 1. The lowest BCUT2D eigenvalue weighted by Crippen LogP contribution is -2.14. The fourth-order valence-corrected chi connectivity index (χ4v) is 3.57. The molecule has 0 aliphatic rings. The van der Waals surface area contributed by atoms with E-state index in [-0.39, 0.29) is 11.8 Å². The highest BCUT2D eigenvalue weighted by Crippen LogP contribution is 2.22. The Morgan fingerprint density at radius 3 is 2.44 bits per heavy atom. The highest BCUT2D eigenvalue weighted by atomic mass is 127. The van der Waals surface area contributed by atoms with Gasteiger partial charge in [-0.15, -0.1) is 11.3 Å². The number of halogens is 1. The van der Waals surface area contributed by atoms with Gasteiger partial charge in [0, 0.05) is 14.9 Å². The van der Waals surface area contributed by atoms with Crippen molar-refractivity contribution in [3.05, 3.63) is 79.6 Å². The molecule has 1 aromatic heterocycles. The molecule has 2 N–H and O–H groups in total. The largest absolute Gasteiger partial charge is 0.322 e. The van der Waals surface area contributed by atoms with Gasteiger partial charge in [-0.3, -0.25) is 9.59 Å². The third kappa shape index (κ3) is 4.26. The van der Waals surface area contributed by atoms with Crippen molar-refractivity contribution in [1.29, 1.82) is 0 Å². The number of benzene rings is 2. The lowest BCUT2D eigenvalue weighted by atomic mass is 10.1. The second-order valence-electron chi connectivity index (χ2n) is 5.40. The molecule has 0 atom stereocenters. The summed E-state index contributed by atoms with van der Waals surface area (Å²) in [5.41, 5.74) is 2.93. The minimum Gasteiger partial charge on any atom is -0.322 e. The summed E-state index contributed by atoms with van der Waals surface area (Å²) >= 11 is 3.54. The first-order valence-electron chi connectivity index (χ1n) is 7.56. The van der Waals surface area contributed by atoms with Crippen LogP contribution in [0.25, 0.3) is 0 Å². The number of hydrogen-bond acceptors (Lipinski definition) is 3. The maximum absolute atomic E-state index is 12.4. The number of hydrogen-bond donors (Lipinski definition) is 2. The van der Waals surface area contributed by atoms with Crippen LogP contribution < -0.4 is 10.6 Å². The minimum atomic E-state index is -0.153. The number of amides is 2. The molecule has 126 valence electrons. The molecule has 3 aromatic rings. The Labute approximate surface area is 163 Å². The van der Waals surface area contributed by atoms with Crippen molar-refractivity contribution in [3.63, 3.8) is 0 Å². The predicted octanol–water partition coefficient (Wildman–Crippen LogP) is 5.17. The molecular formula is C19H15IN2O2S. The summed E-state index contributed by atoms with van der Waals surface area (Å²) in [5, 5.41) is 7.65. The maximum atomic E-state index is 12.4. The Bertz CT molecular complexity index is 923. The Balaban J connectivity index is 1.73. The van der Waals surface area contributed by atoms with E-state index in [9.17, 15) is 9.59 Å². The van der Waals surface area contributed by atoms with Crippen LogP contribution in [-0.4, -0.2) is 11.8 Å². The van der Waals surface area contributed by atoms with E-state index in [1.807, 2.05) is 42.6 Å². The molecule has 25 heavy (non-hydrogen) atoms. The molecule has 0 aliphatic heterocycles. The Hall–Kier alpha value is -2.19. The fraction of sp³-hybridized carbons (Fsp3) is 0.0526. The van der Waals surface area contributed by atoms with Crippen LogP contribution >= 0.6 is 33.9 Å². The van der Waals surface area contributed by atoms with Gasteiger partial charge in [0.25, 0.3) is 11.8 Å². The number of anilines is 2. The average Bonchev–Trinajstić information content (AvgIpc) is 3.12. The quantitative estimate of drug-likeness (QED) is 0.526. The van der Waals surface area contributed by atoms with Crippen molar-refractivity contribution in [2.24, 2.45) is 0 Å². The zero-order valence-corrected chi connectivity index (χ0v) is 16.4. The van der Waals surface area contributed by atoms with Crippen LogP contribution in [0, 0.1) is 10.5 Å². The first-order chi connectivity index (χ1) is 12.0. The third-order valence-corrected chi connectivity index (χ3v) is 5.41. The SMILES string of the molecule is Cc1cc(NC(=O)c2ccccc2I)ccc1NC(=O)c1cccs1. The van der Waals surface area contributed by atoms with E-state index in [1.54, 1.807) is 24.3 Å². The molecule has 0 unspecified atom stereocenters. The third-order valence-electron chi connectivity index (χ3n) is 3.60. The Morgan fingerprint density at radius 2 is 1.76 bits per heavy atom. The van der Waals surface area contributed by atoms with Gasteiger partial charge in [-0.2, -0.15) is 0 Å². The molecule has 0 aliphatic carbocycles. The van der Waals surface area contributed by atoms with E-state index < -0.39 is 0 Å². The number of thiophene rings is 1. The summed E-state index contributed by atoms with van der Waals surface area (Å²) in [6, 6.07) is 16.5. The molecule has 0 spiro atoms. The van der Waals surface area contributed by atoms with Crippen molar-refractivity contribution >= 4 is 57.1 Å². The smallest absolute Gasteiger partial charge is 0.265 e. The van der Waals surface area contributed by atoms with Crippen molar-refractivity contribution in [1.82, 2.24) is 0 Å². The van der Waals surface area contributed by atoms with Crippen LogP contribution in [0.15, 0.2) is 60.0 Å². The van der Waals surface area contributed by atoms with Crippen LogP contribution in [0.2, 0.25) is 0 Å². The van der Waals surface area contributed by atoms with Gasteiger partial charge in [-0.05, 0) is 76.9 Å². The number of carbonyl (C=O) groups is 2. The molecule has 2 aromatic carbocycles. The monoisotopic (exact) mass is 462 g/mol. The zero-order chi connectivity index (χ0) is 17.8. The summed E-state index contributed by atoms with van der Waals surface area (Å²) in [4.78, 5) is 25.2. The highest BCUT2D eigenvalue weighted by Gasteiger charge is 2.12. The van der Waals surface area contributed by atoms with Crippen LogP contribution in [0.5, 0.6) is 0 Å². The average molecular weight is 462 g/mol. The molecule has 3 rings (SSSR count). The predicted molar refractivity (Wildman–Crippen MR) is 111 cm³/mol. The molecule has 4 nitrogen and oxygen atoms in total. The van der Waals surface area contributed by atoms with E-state index in [0.29, 0.717) is 16.1 Å². The standard InChI is InChI=1S/C19H15IN2O2S/c1-12-11-13(21-18(23)14-5-2-3-6-15(14)20)8-9-16(12)22-19(24)17-7-4-10-25-17/h2-11H,1H3,(H,21,23)(H,22,24). The summed E-state index contributed by atoms with van der Waals surface area (Å²) in [6.45, 7) is 1.89. The Kier molecular flexibility index (Phi) is 5.50. The summed E-state index contributed by atoms with van der Waals surface area (Å²) < 4.78 is 0.897. The van der Waals surface area contributed by atoms with E-state index in [1.165, 1.54) is 11.3 Å². The second kappa shape index (κ2) is 7.79. The van der Waals surface area contributed by atoms with Gasteiger partial charge >= 0.3 is 0 Å². The van der Waals surface area contributed by atoms with E-state index in [0.717, 1.165) is 14.8 Å². The van der Waals surface area contributed by atoms with Crippen LogP contribution in [0.4, 0.5) is 11.4 Å². The molecule has 0 saturated carbocycles. The first-order valence-corrected chi connectivity index (χ1v) is 9.52.